The Balaban J connectivity index is 0.000000980. The normalized spacial score (nSPS) is 9.14. The maximum absolute atomic E-state index is 2.17. The second kappa shape index (κ2) is 5.98. The van der Waals surface area contributed by atoms with Gasteiger partial charge in [0, 0.05) is 17.1 Å². The molecule has 72 valence electrons. The summed E-state index contributed by atoms with van der Waals surface area (Å²) >= 11 is 0. The molecular weight excluding hydrogens is 231 g/mol. The quantitative estimate of drug-likeness (QED) is 0.560. The second-order valence-electron chi connectivity index (χ2n) is 2.86. The van der Waals surface area contributed by atoms with Crippen LogP contribution in [0, 0.1) is 0 Å². The van der Waals surface area contributed by atoms with Crippen molar-refractivity contribution in [2.45, 2.75) is 0 Å². The molecule has 2 rings (SSSR count). The van der Waals surface area contributed by atoms with Crippen molar-refractivity contribution in [2.75, 3.05) is 0 Å². The Morgan fingerprint density at radius 2 is 0.929 bits per heavy atom. The smallest absolute Gasteiger partial charge is 0 e. The van der Waals surface area contributed by atoms with Crippen LogP contribution in [0.25, 0.3) is 0 Å². The topological polar surface area (TPSA) is 0 Å². The molecule has 0 aliphatic carbocycles. The fraction of sp³-hybridized carbons (Fsp3) is 0. The molecule has 0 fully saturated rings. The van der Waals surface area contributed by atoms with Gasteiger partial charge in [-0.3, -0.25) is 0 Å². The van der Waals surface area contributed by atoms with Gasteiger partial charge in [-0.1, -0.05) is 69.2 Å². The van der Waals surface area contributed by atoms with Gasteiger partial charge in [0.1, 0.15) is 0 Å². The van der Waals surface area contributed by atoms with Crippen molar-refractivity contribution in [3.63, 3.8) is 0 Å². The third-order valence-corrected chi connectivity index (χ3v) is 3.08. The van der Waals surface area contributed by atoms with Crippen LogP contribution in [0.15, 0.2) is 60.7 Å². The van der Waals surface area contributed by atoms with E-state index in [1.807, 2.05) is 0 Å². The second-order valence-corrected chi connectivity index (χ2v) is 4.26. The minimum absolute atomic E-state index is 0. The van der Waals surface area contributed by atoms with Crippen LogP contribution >= 0.6 is 8.58 Å². The van der Waals surface area contributed by atoms with E-state index in [-0.39, 0.29) is 17.1 Å². The molecule has 0 aromatic heterocycles. The summed E-state index contributed by atoms with van der Waals surface area (Å²) < 4.78 is 0. The largest absolute Gasteiger partial charge is 0.0622 e. The standard InChI is InChI=1S/C12H11P.Fe/c1-3-7-11(8-4-1)13-12-9-5-2-6-10-12;/h1-10,13H;. The van der Waals surface area contributed by atoms with E-state index in [1.165, 1.54) is 10.6 Å². The molecule has 0 aliphatic heterocycles. The molecule has 0 heterocycles. The first-order valence-corrected chi connectivity index (χ1v) is 5.32. The molecule has 0 spiro atoms. The first-order chi connectivity index (χ1) is 6.45. The molecule has 0 amide bonds. The molecule has 0 radical (unpaired) electrons. The molecule has 0 bridgehead atoms. The number of benzene rings is 2. The summed E-state index contributed by atoms with van der Waals surface area (Å²) in [6.45, 7) is 0. The zero-order valence-electron chi connectivity index (χ0n) is 7.63. The molecule has 0 saturated heterocycles. The maximum atomic E-state index is 2.17. The summed E-state index contributed by atoms with van der Waals surface area (Å²) in [5.74, 6) is 0. The Morgan fingerprint density at radius 3 is 1.29 bits per heavy atom. The minimum atomic E-state index is 0. The Hall–Kier alpha value is -0.611. The Morgan fingerprint density at radius 1 is 0.571 bits per heavy atom. The average Bonchev–Trinajstić information content (AvgIpc) is 2.21. The van der Waals surface area contributed by atoms with E-state index in [2.05, 4.69) is 60.7 Å². The van der Waals surface area contributed by atoms with Crippen LogP contribution in [-0.2, 0) is 17.1 Å². The number of rotatable bonds is 2. The summed E-state index contributed by atoms with van der Waals surface area (Å²) in [5, 5.41) is 2.79. The Bertz CT molecular complexity index is 321. The van der Waals surface area contributed by atoms with E-state index in [0.717, 1.165) is 8.58 Å². The van der Waals surface area contributed by atoms with Crippen LogP contribution < -0.4 is 10.6 Å². The van der Waals surface area contributed by atoms with Gasteiger partial charge >= 0.3 is 0 Å². The van der Waals surface area contributed by atoms with E-state index in [1.54, 1.807) is 0 Å². The molecule has 0 unspecified atom stereocenters. The van der Waals surface area contributed by atoms with Crippen LogP contribution in [0.4, 0.5) is 0 Å². The van der Waals surface area contributed by atoms with Gasteiger partial charge in [0.15, 0.2) is 0 Å². The minimum Gasteiger partial charge on any atom is -0.0622 e. The molecule has 0 nitrogen and oxygen atoms in total. The zero-order valence-corrected chi connectivity index (χ0v) is 9.73. The first kappa shape index (κ1) is 11.5. The molecular formula is C12H11FeP. The maximum Gasteiger partial charge on any atom is 0 e. The number of hydrogen-bond donors (Lipinski definition) is 0. The monoisotopic (exact) mass is 242 g/mol. The van der Waals surface area contributed by atoms with Crippen LogP contribution in [0.2, 0.25) is 0 Å². The fourth-order valence-electron chi connectivity index (χ4n) is 1.21. The van der Waals surface area contributed by atoms with Crippen LogP contribution in [0.5, 0.6) is 0 Å². The van der Waals surface area contributed by atoms with Gasteiger partial charge in [-0.2, -0.15) is 0 Å². The summed E-state index contributed by atoms with van der Waals surface area (Å²) in [5.41, 5.74) is 0. The summed E-state index contributed by atoms with van der Waals surface area (Å²) in [4.78, 5) is 0. The van der Waals surface area contributed by atoms with Gasteiger partial charge in [-0.25, -0.2) is 0 Å². The van der Waals surface area contributed by atoms with Crippen molar-refractivity contribution in [3.8, 4) is 0 Å². The number of hydrogen-bond acceptors (Lipinski definition) is 0. The first-order valence-electron chi connectivity index (χ1n) is 4.32. The Kier molecular flexibility index (Phi) is 4.90. The van der Waals surface area contributed by atoms with E-state index in [4.69, 9.17) is 0 Å². The van der Waals surface area contributed by atoms with Crippen molar-refractivity contribution in [2.24, 2.45) is 0 Å². The summed E-state index contributed by atoms with van der Waals surface area (Å²) in [7, 11) is 0.777. The van der Waals surface area contributed by atoms with Gasteiger partial charge in [0.2, 0.25) is 0 Å². The fourth-order valence-corrected chi connectivity index (χ4v) is 2.26. The molecule has 0 saturated carbocycles. The van der Waals surface area contributed by atoms with Crippen molar-refractivity contribution in [3.05, 3.63) is 60.7 Å². The van der Waals surface area contributed by atoms with Crippen LogP contribution in [0.3, 0.4) is 0 Å². The summed E-state index contributed by atoms with van der Waals surface area (Å²) in [6.07, 6.45) is 0. The van der Waals surface area contributed by atoms with Crippen molar-refractivity contribution in [1.82, 2.24) is 0 Å². The zero-order chi connectivity index (χ0) is 8.93. The average molecular weight is 242 g/mol. The van der Waals surface area contributed by atoms with Crippen molar-refractivity contribution in [1.29, 1.82) is 0 Å². The molecule has 2 aromatic carbocycles. The SMILES string of the molecule is [Fe].c1ccc(Pc2ccccc2)cc1. The molecule has 2 heteroatoms. The molecule has 14 heavy (non-hydrogen) atoms. The van der Waals surface area contributed by atoms with E-state index in [0.29, 0.717) is 0 Å². The van der Waals surface area contributed by atoms with Crippen LogP contribution in [0.1, 0.15) is 0 Å². The van der Waals surface area contributed by atoms with Gasteiger partial charge in [0.05, 0.1) is 0 Å². The summed E-state index contributed by atoms with van der Waals surface area (Å²) in [6, 6.07) is 21.2. The predicted molar refractivity (Wildman–Crippen MR) is 60.5 cm³/mol. The third kappa shape index (κ3) is 3.27. The van der Waals surface area contributed by atoms with Crippen molar-refractivity contribution >= 4 is 19.2 Å². The van der Waals surface area contributed by atoms with Gasteiger partial charge < -0.3 is 0 Å². The van der Waals surface area contributed by atoms with E-state index >= 15 is 0 Å². The molecule has 0 aliphatic rings. The molecule has 2 aromatic rings. The molecule has 0 N–H and O–H groups in total. The van der Waals surface area contributed by atoms with E-state index in [9.17, 15) is 0 Å². The van der Waals surface area contributed by atoms with Crippen LogP contribution in [-0.4, -0.2) is 0 Å². The Labute approximate surface area is 97.0 Å². The molecule has 0 atom stereocenters. The predicted octanol–water partition coefficient (Wildman–Crippen LogP) is 2.31. The van der Waals surface area contributed by atoms with Gasteiger partial charge in [-0.15, -0.1) is 0 Å². The third-order valence-electron chi connectivity index (χ3n) is 1.84. The van der Waals surface area contributed by atoms with Gasteiger partial charge in [0.25, 0.3) is 0 Å². The van der Waals surface area contributed by atoms with Crippen molar-refractivity contribution < 1.29 is 17.1 Å². The van der Waals surface area contributed by atoms with E-state index < -0.39 is 0 Å². The van der Waals surface area contributed by atoms with Gasteiger partial charge in [-0.05, 0) is 10.6 Å².